The Kier molecular flexibility index (Phi) is 5.67. The summed E-state index contributed by atoms with van der Waals surface area (Å²) in [5.41, 5.74) is 1.97. The molecule has 1 unspecified atom stereocenters. The Morgan fingerprint density at radius 2 is 2.00 bits per heavy atom. The molecule has 1 amide bonds. The Labute approximate surface area is 115 Å². The summed E-state index contributed by atoms with van der Waals surface area (Å²) in [5, 5.41) is 6.07. The summed E-state index contributed by atoms with van der Waals surface area (Å²) in [6, 6.07) is 6.02. The summed E-state index contributed by atoms with van der Waals surface area (Å²) in [5.74, 6) is 1.16. The SMILES string of the molecule is COc1ccc(C)cc1NCC(=O)NC(C)C(C)C. The summed E-state index contributed by atoms with van der Waals surface area (Å²) in [4.78, 5) is 11.8. The Hall–Kier alpha value is -1.71. The van der Waals surface area contributed by atoms with Crippen LogP contribution in [-0.4, -0.2) is 25.6 Å². The average molecular weight is 264 g/mol. The normalized spacial score (nSPS) is 12.1. The molecule has 1 rings (SSSR count). The number of aryl methyl sites for hydroxylation is 1. The second-order valence-corrected chi connectivity index (χ2v) is 5.16. The quantitative estimate of drug-likeness (QED) is 0.830. The summed E-state index contributed by atoms with van der Waals surface area (Å²) >= 11 is 0. The highest BCUT2D eigenvalue weighted by atomic mass is 16.5. The average Bonchev–Trinajstić information content (AvgIpc) is 2.36. The summed E-state index contributed by atoms with van der Waals surface area (Å²) < 4.78 is 5.26. The van der Waals surface area contributed by atoms with Gasteiger partial charge in [-0.1, -0.05) is 19.9 Å². The minimum atomic E-state index is -0.00948. The van der Waals surface area contributed by atoms with Crippen LogP contribution in [-0.2, 0) is 4.79 Å². The van der Waals surface area contributed by atoms with Crippen molar-refractivity contribution in [2.24, 2.45) is 5.92 Å². The van der Waals surface area contributed by atoms with E-state index in [-0.39, 0.29) is 18.5 Å². The number of hydrogen-bond acceptors (Lipinski definition) is 3. The molecule has 0 aliphatic rings. The van der Waals surface area contributed by atoms with Gasteiger partial charge in [-0.2, -0.15) is 0 Å². The van der Waals surface area contributed by atoms with Crippen molar-refractivity contribution < 1.29 is 9.53 Å². The van der Waals surface area contributed by atoms with Crippen LogP contribution >= 0.6 is 0 Å². The van der Waals surface area contributed by atoms with E-state index in [1.54, 1.807) is 7.11 Å². The molecule has 4 heteroatoms. The summed E-state index contributed by atoms with van der Waals surface area (Å²) in [6.45, 7) is 8.43. The van der Waals surface area contributed by atoms with Crippen molar-refractivity contribution in [2.45, 2.75) is 33.7 Å². The number of carbonyl (C=O) groups excluding carboxylic acids is 1. The van der Waals surface area contributed by atoms with E-state index >= 15 is 0 Å². The lowest BCUT2D eigenvalue weighted by molar-refractivity contribution is -0.120. The van der Waals surface area contributed by atoms with Gasteiger partial charge < -0.3 is 15.4 Å². The lowest BCUT2D eigenvalue weighted by Gasteiger charge is -2.18. The smallest absolute Gasteiger partial charge is 0.239 e. The molecule has 0 heterocycles. The van der Waals surface area contributed by atoms with Crippen LogP contribution in [0.5, 0.6) is 5.75 Å². The maximum Gasteiger partial charge on any atom is 0.239 e. The van der Waals surface area contributed by atoms with E-state index in [1.165, 1.54) is 0 Å². The van der Waals surface area contributed by atoms with Crippen LogP contribution in [0.1, 0.15) is 26.3 Å². The molecule has 1 aromatic carbocycles. The van der Waals surface area contributed by atoms with Gasteiger partial charge in [-0.05, 0) is 37.5 Å². The molecule has 4 nitrogen and oxygen atoms in total. The molecule has 2 N–H and O–H groups in total. The zero-order valence-corrected chi connectivity index (χ0v) is 12.4. The number of methoxy groups -OCH3 is 1. The van der Waals surface area contributed by atoms with Gasteiger partial charge >= 0.3 is 0 Å². The first kappa shape index (κ1) is 15.3. The molecular weight excluding hydrogens is 240 g/mol. The van der Waals surface area contributed by atoms with E-state index in [4.69, 9.17) is 4.74 Å². The van der Waals surface area contributed by atoms with E-state index in [9.17, 15) is 4.79 Å². The molecular formula is C15H24N2O2. The molecule has 0 aromatic heterocycles. The van der Waals surface area contributed by atoms with Crippen LogP contribution in [0.25, 0.3) is 0 Å². The fourth-order valence-electron chi connectivity index (χ4n) is 1.61. The van der Waals surface area contributed by atoms with Crippen molar-refractivity contribution in [1.82, 2.24) is 5.32 Å². The highest BCUT2D eigenvalue weighted by Crippen LogP contribution is 2.24. The second-order valence-electron chi connectivity index (χ2n) is 5.16. The highest BCUT2D eigenvalue weighted by Gasteiger charge is 2.11. The minimum Gasteiger partial charge on any atom is -0.495 e. The van der Waals surface area contributed by atoms with Crippen molar-refractivity contribution in [3.05, 3.63) is 23.8 Å². The Balaban J connectivity index is 2.57. The van der Waals surface area contributed by atoms with Gasteiger partial charge in [-0.3, -0.25) is 4.79 Å². The molecule has 0 fully saturated rings. The molecule has 106 valence electrons. The minimum absolute atomic E-state index is 0.00948. The van der Waals surface area contributed by atoms with Crippen molar-refractivity contribution in [3.63, 3.8) is 0 Å². The summed E-state index contributed by atoms with van der Waals surface area (Å²) in [6.07, 6.45) is 0. The number of benzene rings is 1. The molecule has 0 radical (unpaired) electrons. The molecule has 0 aliphatic heterocycles. The molecule has 0 saturated carbocycles. The van der Waals surface area contributed by atoms with E-state index in [0.717, 1.165) is 17.0 Å². The monoisotopic (exact) mass is 264 g/mol. The van der Waals surface area contributed by atoms with E-state index in [1.807, 2.05) is 32.0 Å². The topological polar surface area (TPSA) is 50.4 Å². The fourth-order valence-corrected chi connectivity index (χ4v) is 1.61. The molecule has 0 aliphatic carbocycles. The number of rotatable bonds is 6. The number of carbonyl (C=O) groups is 1. The lowest BCUT2D eigenvalue weighted by atomic mass is 10.1. The van der Waals surface area contributed by atoms with Gasteiger partial charge in [0.15, 0.2) is 0 Å². The van der Waals surface area contributed by atoms with Crippen LogP contribution < -0.4 is 15.4 Å². The van der Waals surface area contributed by atoms with Crippen molar-refractivity contribution in [1.29, 1.82) is 0 Å². The van der Waals surface area contributed by atoms with E-state index in [2.05, 4.69) is 24.5 Å². The van der Waals surface area contributed by atoms with E-state index < -0.39 is 0 Å². The number of amides is 1. The van der Waals surface area contributed by atoms with Gasteiger partial charge in [0.25, 0.3) is 0 Å². The number of hydrogen-bond donors (Lipinski definition) is 2. The lowest BCUT2D eigenvalue weighted by Crippen LogP contribution is -2.39. The van der Waals surface area contributed by atoms with Gasteiger partial charge in [-0.15, -0.1) is 0 Å². The third-order valence-corrected chi connectivity index (χ3v) is 3.18. The fraction of sp³-hybridized carbons (Fsp3) is 0.533. The molecule has 1 aromatic rings. The first-order valence-electron chi connectivity index (χ1n) is 6.62. The summed E-state index contributed by atoms with van der Waals surface area (Å²) in [7, 11) is 1.62. The van der Waals surface area contributed by atoms with Crippen LogP contribution in [0.4, 0.5) is 5.69 Å². The number of ether oxygens (including phenoxy) is 1. The van der Waals surface area contributed by atoms with Gasteiger partial charge in [0.05, 0.1) is 19.3 Å². The maximum atomic E-state index is 11.8. The number of anilines is 1. The maximum absolute atomic E-state index is 11.8. The van der Waals surface area contributed by atoms with Gasteiger partial charge in [-0.25, -0.2) is 0 Å². The zero-order valence-electron chi connectivity index (χ0n) is 12.4. The van der Waals surface area contributed by atoms with Crippen LogP contribution in [0.3, 0.4) is 0 Å². The Morgan fingerprint density at radius 1 is 1.32 bits per heavy atom. The largest absolute Gasteiger partial charge is 0.495 e. The third kappa shape index (κ3) is 4.81. The van der Waals surface area contributed by atoms with E-state index in [0.29, 0.717) is 5.92 Å². The third-order valence-electron chi connectivity index (χ3n) is 3.18. The van der Waals surface area contributed by atoms with Crippen LogP contribution in [0.2, 0.25) is 0 Å². The Bertz CT molecular complexity index is 430. The first-order chi connectivity index (χ1) is 8.93. The second kappa shape index (κ2) is 7.02. The highest BCUT2D eigenvalue weighted by molar-refractivity contribution is 5.81. The van der Waals surface area contributed by atoms with Crippen molar-refractivity contribution >= 4 is 11.6 Å². The molecule has 0 saturated heterocycles. The predicted molar refractivity (Wildman–Crippen MR) is 78.7 cm³/mol. The number of nitrogens with one attached hydrogen (secondary N) is 2. The van der Waals surface area contributed by atoms with Crippen LogP contribution in [0.15, 0.2) is 18.2 Å². The van der Waals surface area contributed by atoms with Gasteiger partial charge in [0.2, 0.25) is 5.91 Å². The Morgan fingerprint density at radius 3 is 2.58 bits per heavy atom. The first-order valence-corrected chi connectivity index (χ1v) is 6.62. The molecule has 1 atom stereocenters. The van der Waals surface area contributed by atoms with Crippen LogP contribution in [0, 0.1) is 12.8 Å². The van der Waals surface area contributed by atoms with Crippen molar-refractivity contribution in [3.8, 4) is 5.75 Å². The molecule has 0 bridgehead atoms. The molecule has 0 spiro atoms. The van der Waals surface area contributed by atoms with Gasteiger partial charge in [0.1, 0.15) is 5.75 Å². The standard InChI is InChI=1S/C15H24N2O2/c1-10(2)12(4)17-15(18)9-16-13-8-11(3)6-7-14(13)19-5/h6-8,10,12,16H,9H2,1-5H3,(H,17,18). The molecule has 19 heavy (non-hydrogen) atoms. The predicted octanol–water partition coefficient (Wildman–Crippen LogP) is 2.58. The zero-order chi connectivity index (χ0) is 14.4. The van der Waals surface area contributed by atoms with Gasteiger partial charge in [0, 0.05) is 6.04 Å². The van der Waals surface area contributed by atoms with Crippen molar-refractivity contribution in [2.75, 3.05) is 19.0 Å².